The number of methoxy groups -OCH3 is 2. The van der Waals surface area contributed by atoms with Crippen molar-refractivity contribution in [1.29, 1.82) is 0 Å². The van der Waals surface area contributed by atoms with Crippen LogP contribution < -0.4 is 4.74 Å². The Balaban J connectivity index is 1.84. The highest BCUT2D eigenvalue weighted by atomic mass is 19.1. The topological polar surface area (TPSA) is 114 Å². The molecule has 0 spiro atoms. The van der Waals surface area contributed by atoms with Gasteiger partial charge in [-0.1, -0.05) is 64.0 Å². The van der Waals surface area contributed by atoms with Crippen LogP contribution in [0.25, 0.3) is 11.1 Å². The van der Waals surface area contributed by atoms with E-state index in [1.165, 1.54) is 59.7 Å². The van der Waals surface area contributed by atoms with E-state index in [2.05, 4.69) is 20.1 Å². The fourth-order valence-electron chi connectivity index (χ4n) is 6.74. The fourth-order valence-corrected chi connectivity index (χ4v) is 6.74. The van der Waals surface area contributed by atoms with E-state index in [-0.39, 0.29) is 37.6 Å². The summed E-state index contributed by atoms with van der Waals surface area (Å²) in [5.74, 6) is -3.27. The van der Waals surface area contributed by atoms with Gasteiger partial charge >= 0.3 is 23.9 Å². The summed E-state index contributed by atoms with van der Waals surface area (Å²) in [6, 6.07) is 10.9. The second-order valence-electron chi connectivity index (χ2n) is 14.2. The largest absolute Gasteiger partial charge is 0.493 e. The Kier molecular flexibility index (Phi) is 17.8. The highest BCUT2D eigenvalue weighted by Crippen LogP contribution is 2.39. The number of hydrogen-bond donors (Lipinski definition) is 0. The van der Waals surface area contributed by atoms with Gasteiger partial charge in [0.2, 0.25) is 0 Å². The van der Waals surface area contributed by atoms with Crippen LogP contribution >= 0.6 is 0 Å². The van der Waals surface area contributed by atoms with Gasteiger partial charge in [0, 0.05) is 22.6 Å². The maximum Gasteiger partial charge on any atom is 0.333 e. The van der Waals surface area contributed by atoms with Crippen LogP contribution in [0.2, 0.25) is 0 Å². The van der Waals surface area contributed by atoms with E-state index in [1.807, 2.05) is 18.2 Å². The molecular formula is C43H57FO9. The molecule has 1 aliphatic rings. The molecule has 0 amide bonds. The summed E-state index contributed by atoms with van der Waals surface area (Å²) in [4.78, 5) is 49.1. The molecule has 0 aromatic heterocycles. The van der Waals surface area contributed by atoms with Crippen LogP contribution in [0, 0.1) is 23.6 Å². The van der Waals surface area contributed by atoms with E-state index in [9.17, 15) is 19.2 Å². The van der Waals surface area contributed by atoms with Gasteiger partial charge in [-0.25, -0.2) is 14.0 Å². The molecule has 2 aromatic rings. The Labute approximate surface area is 314 Å². The predicted octanol–water partition coefficient (Wildman–Crippen LogP) is 8.87. The molecule has 9 nitrogen and oxygen atoms in total. The first kappa shape index (κ1) is 42.9. The number of hydrogen-bond acceptors (Lipinski definition) is 9. The van der Waals surface area contributed by atoms with Gasteiger partial charge < -0.3 is 23.7 Å². The lowest BCUT2D eigenvalue weighted by Crippen LogP contribution is -2.32. The first-order valence-corrected chi connectivity index (χ1v) is 18.7. The molecule has 1 saturated carbocycles. The third kappa shape index (κ3) is 13.5. The van der Waals surface area contributed by atoms with Crippen molar-refractivity contribution in [3.8, 4) is 16.9 Å². The van der Waals surface area contributed by atoms with E-state index < -0.39 is 35.7 Å². The van der Waals surface area contributed by atoms with Crippen molar-refractivity contribution in [2.45, 2.75) is 97.3 Å². The van der Waals surface area contributed by atoms with Crippen LogP contribution in [-0.4, -0.2) is 57.9 Å². The van der Waals surface area contributed by atoms with Gasteiger partial charge in [0.15, 0.2) is 5.92 Å². The summed E-state index contributed by atoms with van der Waals surface area (Å²) >= 11 is 0. The van der Waals surface area contributed by atoms with E-state index in [4.69, 9.17) is 23.7 Å². The number of ether oxygens (including phenoxy) is 5. The number of aryl methyl sites for hydroxylation is 1. The molecule has 290 valence electrons. The number of unbranched alkanes of at least 4 members (excludes halogenated alkanes) is 2. The number of halogens is 1. The number of carbonyl (C=O) groups excluding carboxylic acids is 4. The minimum Gasteiger partial charge on any atom is -0.493 e. The van der Waals surface area contributed by atoms with E-state index >= 15 is 4.39 Å². The van der Waals surface area contributed by atoms with Crippen LogP contribution in [0.1, 0.15) is 102 Å². The molecule has 10 heteroatoms. The number of carbonyl (C=O) groups is 4. The van der Waals surface area contributed by atoms with Crippen molar-refractivity contribution in [1.82, 2.24) is 0 Å². The number of esters is 4. The molecular weight excluding hydrogens is 679 g/mol. The van der Waals surface area contributed by atoms with Crippen molar-refractivity contribution in [2.75, 3.05) is 34.0 Å². The maximum absolute atomic E-state index is 15.8. The lowest BCUT2D eigenvalue weighted by Gasteiger charge is -2.29. The van der Waals surface area contributed by atoms with Crippen molar-refractivity contribution < 1.29 is 47.3 Å². The molecule has 1 aliphatic carbocycles. The predicted molar refractivity (Wildman–Crippen MR) is 202 cm³/mol. The monoisotopic (exact) mass is 736 g/mol. The minimum absolute atomic E-state index is 0.0468. The van der Waals surface area contributed by atoms with Crippen molar-refractivity contribution in [3.63, 3.8) is 0 Å². The highest BCUT2D eigenvalue weighted by Gasteiger charge is 2.33. The summed E-state index contributed by atoms with van der Waals surface area (Å²) < 4.78 is 42.4. The summed E-state index contributed by atoms with van der Waals surface area (Å²) in [6.07, 6.45) is 10.4. The van der Waals surface area contributed by atoms with Gasteiger partial charge in [0.05, 0.1) is 34.0 Å². The zero-order chi connectivity index (χ0) is 38.9. The van der Waals surface area contributed by atoms with Crippen LogP contribution in [0.5, 0.6) is 5.75 Å². The van der Waals surface area contributed by atoms with Crippen LogP contribution in [0.15, 0.2) is 60.7 Å². The van der Waals surface area contributed by atoms with Crippen molar-refractivity contribution >= 4 is 23.9 Å². The van der Waals surface area contributed by atoms with E-state index in [1.54, 1.807) is 25.1 Å². The van der Waals surface area contributed by atoms with Crippen molar-refractivity contribution in [3.05, 3.63) is 77.6 Å². The summed E-state index contributed by atoms with van der Waals surface area (Å²) in [7, 11) is 2.34. The summed E-state index contributed by atoms with van der Waals surface area (Å²) in [5, 5.41) is 0. The molecule has 0 radical (unpaired) electrons. The van der Waals surface area contributed by atoms with Gasteiger partial charge in [0.1, 0.15) is 11.6 Å². The van der Waals surface area contributed by atoms with E-state index in [0.29, 0.717) is 41.2 Å². The molecule has 0 heterocycles. The minimum atomic E-state index is -1.27. The smallest absolute Gasteiger partial charge is 0.333 e. The van der Waals surface area contributed by atoms with Crippen molar-refractivity contribution in [2.24, 2.45) is 17.8 Å². The Bertz CT molecular complexity index is 1560. The molecule has 0 aliphatic heterocycles. The zero-order valence-corrected chi connectivity index (χ0v) is 32.1. The lowest BCUT2D eigenvalue weighted by atomic mass is 9.77. The molecule has 3 rings (SSSR count). The molecule has 2 aromatic carbocycles. The Hall–Kier alpha value is -4.47. The fraction of sp³-hybridized carbons (Fsp3) is 0.535. The molecule has 1 unspecified atom stereocenters. The third-order valence-electron chi connectivity index (χ3n) is 9.88. The van der Waals surface area contributed by atoms with Gasteiger partial charge in [-0.2, -0.15) is 0 Å². The van der Waals surface area contributed by atoms with Crippen LogP contribution in [0.3, 0.4) is 0 Å². The zero-order valence-electron chi connectivity index (χ0n) is 32.1. The Morgan fingerprint density at radius 1 is 0.830 bits per heavy atom. The normalized spacial score (nSPS) is 16.0. The van der Waals surface area contributed by atoms with Crippen LogP contribution in [-0.2, 0) is 44.5 Å². The van der Waals surface area contributed by atoms with Gasteiger partial charge in [-0.15, -0.1) is 0 Å². The Morgan fingerprint density at radius 2 is 1.49 bits per heavy atom. The second-order valence-corrected chi connectivity index (χ2v) is 14.2. The van der Waals surface area contributed by atoms with Gasteiger partial charge in [-0.3, -0.25) is 9.59 Å². The third-order valence-corrected chi connectivity index (χ3v) is 9.88. The molecule has 53 heavy (non-hydrogen) atoms. The number of rotatable bonds is 21. The number of benzene rings is 2. The standard InChI is InChI=1S/C43H57FO9/c1-8-9-10-12-30-14-16-32(17-15-30)33-18-20-36(38(44)25-33)34-19-21-39(35(24-34)13-11-22-51-40(45)28(2)3)52-26-31(27-53-41(46)29(4)5)23-37(42(47)49-6)43(48)50-7/h18-21,24-25,30-32,37H,2,4,8-17,22-23,26-27H2,1,3,5-7H3. The molecule has 0 saturated heterocycles. The summed E-state index contributed by atoms with van der Waals surface area (Å²) in [5.41, 5.74) is 3.39. The molecule has 1 fully saturated rings. The Morgan fingerprint density at radius 3 is 2.09 bits per heavy atom. The average molecular weight is 737 g/mol. The summed E-state index contributed by atoms with van der Waals surface area (Å²) in [6.45, 7) is 12.5. The van der Waals surface area contributed by atoms with E-state index in [0.717, 1.165) is 29.9 Å². The molecule has 0 N–H and O–H groups in total. The average Bonchev–Trinajstić information content (AvgIpc) is 3.15. The molecule has 1 atom stereocenters. The first-order chi connectivity index (χ1) is 25.4. The van der Waals surface area contributed by atoms with Gasteiger partial charge in [0.25, 0.3) is 0 Å². The maximum atomic E-state index is 15.8. The lowest BCUT2D eigenvalue weighted by molar-refractivity contribution is -0.160. The molecule has 0 bridgehead atoms. The van der Waals surface area contributed by atoms with Crippen LogP contribution in [0.4, 0.5) is 4.39 Å². The quantitative estimate of drug-likeness (QED) is 0.0408. The highest BCUT2D eigenvalue weighted by molar-refractivity contribution is 5.94. The second kappa shape index (κ2) is 21.9. The SMILES string of the molecule is C=C(C)C(=O)OCCCc1cc(-c2ccc(C3CCC(CCCCC)CC3)cc2F)ccc1OCC(COC(=O)C(=C)C)CC(C(=O)OC)C(=O)OC. The van der Waals surface area contributed by atoms with Gasteiger partial charge in [-0.05, 0) is 106 Å². The first-order valence-electron chi connectivity index (χ1n) is 18.7.